The van der Waals surface area contributed by atoms with Crippen LogP contribution in [-0.2, 0) is 15.8 Å². The lowest BCUT2D eigenvalue weighted by atomic mass is 10.2. The maximum atomic E-state index is 12.9. The third-order valence-corrected chi connectivity index (χ3v) is 3.99. The number of rotatable bonds is 6. The quantitative estimate of drug-likeness (QED) is 0.270. The Kier molecular flexibility index (Phi) is 5.80. The number of carbonyl (C=O) groups excluding carboxylic acids is 2. The first-order valence-electron chi connectivity index (χ1n) is 5.90. The van der Waals surface area contributed by atoms with Gasteiger partial charge in [-0.25, -0.2) is 5.48 Å². The van der Waals surface area contributed by atoms with E-state index >= 15 is 0 Å². The molecule has 0 saturated carbocycles. The van der Waals surface area contributed by atoms with Gasteiger partial charge in [0.15, 0.2) is 4.93 Å². The van der Waals surface area contributed by atoms with Gasteiger partial charge in [-0.1, -0.05) is 23.9 Å². The molecule has 0 heterocycles. The molecule has 1 atom stereocenters. The molecule has 0 bridgehead atoms. The molecule has 122 valence electrons. The normalized spacial score (nSPS) is 14.2. The molecular formula is C12H13F3N2O4S. The van der Waals surface area contributed by atoms with Gasteiger partial charge in [0, 0.05) is 17.7 Å². The van der Waals surface area contributed by atoms with Gasteiger partial charge < -0.3 is 10.8 Å². The molecule has 0 aliphatic carbocycles. The molecule has 0 saturated heterocycles. The first-order valence-corrected chi connectivity index (χ1v) is 6.72. The first kappa shape index (κ1) is 18.3. The minimum Gasteiger partial charge on any atom is -0.371 e. The van der Waals surface area contributed by atoms with Gasteiger partial charge in [0.1, 0.15) is 0 Å². The van der Waals surface area contributed by atoms with E-state index < -0.39 is 46.2 Å². The fourth-order valence-corrected chi connectivity index (χ4v) is 2.64. The SMILES string of the molecule is NC(=O)C(O)(CCC(=O)NO)Sc1ccccc1C(F)(F)F. The second kappa shape index (κ2) is 6.99. The lowest BCUT2D eigenvalue weighted by Crippen LogP contribution is -2.41. The number of hydrogen-bond donors (Lipinski definition) is 4. The van der Waals surface area contributed by atoms with E-state index in [4.69, 9.17) is 10.9 Å². The number of hydroxylamine groups is 1. The molecule has 1 rings (SSSR count). The van der Waals surface area contributed by atoms with Crippen LogP contribution in [0, 0.1) is 0 Å². The Morgan fingerprint density at radius 2 is 1.86 bits per heavy atom. The van der Waals surface area contributed by atoms with Crippen molar-refractivity contribution in [3.63, 3.8) is 0 Å². The summed E-state index contributed by atoms with van der Waals surface area (Å²) < 4.78 is 38.7. The lowest BCUT2D eigenvalue weighted by Gasteiger charge is -2.25. The van der Waals surface area contributed by atoms with E-state index in [0.29, 0.717) is 0 Å². The fourth-order valence-electron chi connectivity index (χ4n) is 1.54. The van der Waals surface area contributed by atoms with E-state index in [1.807, 2.05) is 0 Å². The van der Waals surface area contributed by atoms with Gasteiger partial charge >= 0.3 is 6.18 Å². The number of nitrogens with two attached hydrogens (primary N) is 1. The molecule has 10 heteroatoms. The molecule has 22 heavy (non-hydrogen) atoms. The van der Waals surface area contributed by atoms with Crippen molar-refractivity contribution in [1.29, 1.82) is 0 Å². The van der Waals surface area contributed by atoms with Crippen molar-refractivity contribution in [3.05, 3.63) is 29.8 Å². The smallest absolute Gasteiger partial charge is 0.371 e. The maximum Gasteiger partial charge on any atom is 0.417 e. The Morgan fingerprint density at radius 3 is 2.36 bits per heavy atom. The van der Waals surface area contributed by atoms with Gasteiger partial charge in [0.2, 0.25) is 5.91 Å². The van der Waals surface area contributed by atoms with Crippen LogP contribution in [0.4, 0.5) is 13.2 Å². The van der Waals surface area contributed by atoms with E-state index in [1.54, 1.807) is 0 Å². The highest BCUT2D eigenvalue weighted by atomic mass is 32.2. The Labute approximate surface area is 127 Å². The average Bonchev–Trinajstić information content (AvgIpc) is 2.44. The second-order valence-electron chi connectivity index (χ2n) is 4.28. The van der Waals surface area contributed by atoms with Gasteiger partial charge in [-0.2, -0.15) is 13.2 Å². The molecule has 0 radical (unpaired) electrons. The van der Waals surface area contributed by atoms with Crippen molar-refractivity contribution >= 4 is 23.6 Å². The molecule has 2 amide bonds. The third kappa shape index (κ3) is 4.61. The minimum absolute atomic E-state index is 0.204. The van der Waals surface area contributed by atoms with Crippen molar-refractivity contribution in [1.82, 2.24) is 5.48 Å². The van der Waals surface area contributed by atoms with Crippen molar-refractivity contribution < 1.29 is 33.1 Å². The number of benzene rings is 1. The molecule has 1 unspecified atom stereocenters. The van der Waals surface area contributed by atoms with Crippen LogP contribution in [0.1, 0.15) is 18.4 Å². The van der Waals surface area contributed by atoms with Gasteiger partial charge in [-0.3, -0.25) is 14.8 Å². The first-order chi connectivity index (χ1) is 10.1. The largest absolute Gasteiger partial charge is 0.417 e. The van der Waals surface area contributed by atoms with Gasteiger partial charge in [-0.05, 0) is 12.1 Å². The van der Waals surface area contributed by atoms with Crippen LogP contribution < -0.4 is 11.2 Å². The van der Waals surface area contributed by atoms with Crippen LogP contribution in [0.5, 0.6) is 0 Å². The number of hydrogen-bond acceptors (Lipinski definition) is 5. The number of primary amides is 1. The van der Waals surface area contributed by atoms with Crippen molar-refractivity contribution in [2.24, 2.45) is 5.73 Å². The number of amides is 2. The van der Waals surface area contributed by atoms with Gasteiger partial charge in [0.05, 0.1) is 5.56 Å². The molecule has 5 N–H and O–H groups in total. The van der Waals surface area contributed by atoms with E-state index in [0.717, 1.165) is 18.2 Å². The standard InChI is InChI=1S/C12H13F3N2O4S/c13-12(14,15)7-3-1-2-4-8(7)22-11(20,10(16)19)6-5-9(18)17-21/h1-4,20-21H,5-6H2,(H2,16,19)(H,17,18). The van der Waals surface area contributed by atoms with Crippen LogP contribution in [0.2, 0.25) is 0 Å². The second-order valence-corrected chi connectivity index (χ2v) is 5.60. The monoisotopic (exact) mass is 338 g/mol. The third-order valence-electron chi connectivity index (χ3n) is 2.67. The van der Waals surface area contributed by atoms with E-state index in [9.17, 15) is 27.9 Å². The zero-order valence-electron chi connectivity index (χ0n) is 11.1. The summed E-state index contributed by atoms with van der Waals surface area (Å²) in [5.74, 6) is -2.20. The van der Waals surface area contributed by atoms with Gasteiger partial charge in [-0.15, -0.1) is 0 Å². The Morgan fingerprint density at radius 1 is 1.27 bits per heavy atom. The van der Waals surface area contributed by atoms with Crippen LogP contribution in [0.15, 0.2) is 29.2 Å². The van der Waals surface area contributed by atoms with Crippen molar-refractivity contribution in [2.75, 3.05) is 0 Å². The Bertz CT molecular complexity index is 568. The average molecular weight is 338 g/mol. The van der Waals surface area contributed by atoms with Crippen LogP contribution in [0.3, 0.4) is 0 Å². The number of nitrogens with one attached hydrogen (secondary N) is 1. The van der Waals surface area contributed by atoms with Crippen LogP contribution in [-0.4, -0.2) is 27.1 Å². The molecular weight excluding hydrogens is 325 g/mol. The maximum absolute atomic E-state index is 12.9. The summed E-state index contributed by atoms with van der Waals surface area (Å²) in [5.41, 5.74) is 5.27. The van der Waals surface area contributed by atoms with Crippen LogP contribution >= 0.6 is 11.8 Å². The summed E-state index contributed by atoms with van der Waals surface area (Å²) in [4.78, 5) is 19.5. The minimum atomic E-state index is -4.68. The predicted molar refractivity (Wildman–Crippen MR) is 70.6 cm³/mol. The molecule has 1 aromatic rings. The fraction of sp³-hybridized carbons (Fsp3) is 0.333. The van der Waals surface area contributed by atoms with E-state index in [-0.39, 0.29) is 11.8 Å². The lowest BCUT2D eigenvalue weighted by molar-refractivity contribution is -0.140. The molecule has 0 aromatic heterocycles. The molecule has 6 nitrogen and oxygen atoms in total. The number of thioether (sulfide) groups is 1. The number of carbonyl (C=O) groups is 2. The summed E-state index contributed by atoms with van der Waals surface area (Å²) >= 11 is 0.204. The molecule has 0 spiro atoms. The highest BCUT2D eigenvalue weighted by Crippen LogP contribution is 2.42. The molecule has 0 fully saturated rings. The zero-order valence-corrected chi connectivity index (χ0v) is 11.9. The number of alkyl halides is 3. The predicted octanol–water partition coefficient (Wildman–Crippen LogP) is 1.26. The molecule has 0 aliphatic rings. The summed E-state index contributed by atoms with van der Waals surface area (Å²) in [6.45, 7) is 0. The topological polar surface area (TPSA) is 113 Å². The van der Waals surface area contributed by atoms with Crippen molar-refractivity contribution in [2.45, 2.75) is 28.8 Å². The Balaban J connectivity index is 3.06. The molecule has 1 aromatic carbocycles. The van der Waals surface area contributed by atoms with Crippen LogP contribution in [0.25, 0.3) is 0 Å². The summed E-state index contributed by atoms with van der Waals surface area (Å²) in [5, 5.41) is 18.5. The van der Waals surface area contributed by atoms with E-state index in [1.165, 1.54) is 11.5 Å². The van der Waals surface area contributed by atoms with Crippen molar-refractivity contribution in [3.8, 4) is 0 Å². The highest BCUT2D eigenvalue weighted by Gasteiger charge is 2.40. The highest BCUT2D eigenvalue weighted by molar-refractivity contribution is 8.01. The Hall–Kier alpha value is -1.78. The zero-order chi connectivity index (χ0) is 17.0. The number of halogens is 3. The summed E-state index contributed by atoms with van der Waals surface area (Å²) in [7, 11) is 0. The summed E-state index contributed by atoms with van der Waals surface area (Å²) in [6.07, 6.45) is -5.74. The number of aliphatic hydroxyl groups is 1. The summed E-state index contributed by atoms with van der Waals surface area (Å²) in [6, 6.07) is 4.34. The molecule has 0 aliphatic heterocycles. The van der Waals surface area contributed by atoms with Gasteiger partial charge in [0.25, 0.3) is 5.91 Å². The van der Waals surface area contributed by atoms with E-state index in [2.05, 4.69) is 0 Å².